The van der Waals surface area contributed by atoms with Gasteiger partial charge in [0.15, 0.2) is 0 Å². The molecule has 4 heterocycles. The lowest BCUT2D eigenvalue weighted by molar-refractivity contribution is 0.0950. The maximum atomic E-state index is 14.4. The molecule has 0 aliphatic carbocycles. The van der Waals surface area contributed by atoms with Crippen LogP contribution in [0.3, 0.4) is 0 Å². The topological polar surface area (TPSA) is 58.1 Å². The molecule has 2 aromatic rings. The van der Waals surface area contributed by atoms with Crippen LogP contribution in [0.4, 0.5) is 14.6 Å². The Morgan fingerprint density at radius 2 is 2.22 bits per heavy atom. The molecule has 8 heteroatoms. The SMILES string of the molecule is O=C1NCCc2nc(-c3ccc(N4CC[C@@H](F)C4)nc3F)sc21. The van der Waals surface area contributed by atoms with Crippen molar-refractivity contribution < 1.29 is 13.6 Å². The van der Waals surface area contributed by atoms with Crippen molar-refractivity contribution in [3.05, 3.63) is 28.7 Å². The molecule has 1 saturated heterocycles. The lowest BCUT2D eigenvalue weighted by atomic mass is 10.2. The van der Waals surface area contributed by atoms with E-state index in [1.54, 1.807) is 17.0 Å². The Balaban J connectivity index is 1.66. The first-order valence-corrected chi connectivity index (χ1v) is 8.27. The fraction of sp³-hybridized carbons (Fsp3) is 0.400. The minimum absolute atomic E-state index is 0.161. The van der Waals surface area contributed by atoms with Gasteiger partial charge in [0.05, 0.1) is 17.8 Å². The molecule has 23 heavy (non-hydrogen) atoms. The molecule has 0 aromatic carbocycles. The monoisotopic (exact) mass is 336 g/mol. The first-order valence-electron chi connectivity index (χ1n) is 7.45. The van der Waals surface area contributed by atoms with Crippen molar-refractivity contribution in [2.75, 3.05) is 24.5 Å². The van der Waals surface area contributed by atoms with Gasteiger partial charge in [-0.05, 0) is 18.6 Å². The van der Waals surface area contributed by atoms with E-state index in [1.165, 1.54) is 11.3 Å². The van der Waals surface area contributed by atoms with Crippen molar-refractivity contribution >= 4 is 23.1 Å². The molecule has 0 radical (unpaired) electrons. The van der Waals surface area contributed by atoms with Crippen molar-refractivity contribution in [3.8, 4) is 10.6 Å². The number of hydrogen-bond donors (Lipinski definition) is 1. The van der Waals surface area contributed by atoms with Crippen LogP contribution in [-0.2, 0) is 6.42 Å². The van der Waals surface area contributed by atoms with Crippen LogP contribution < -0.4 is 10.2 Å². The Kier molecular flexibility index (Phi) is 3.48. The molecule has 1 atom stereocenters. The van der Waals surface area contributed by atoms with Crippen molar-refractivity contribution in [2.45, 2.75) is 19.0 Å². The molecule has 2 aromatic heterocycles. The molecule has 1 N–H and O–H groups in total. The quantitative estimate of drug-likeness (QED) is 0.854. The van der Waals surface area contributed by atoms with E-state index in [-0.39, 0.29) is 18.0 Å². The van der Waals surface area contributed by atoms with E-state index in [0.29, 0.717) is 47.3 Å². The van der Waals surface area contributed by atoms with E-state index >= 15 is 0 Å². The van der Waals surface area contributed by atoms with Gasteiger partial charge in [0, 0.05) is 19.5 Å². The molecule has 2 aliphatic rings. The molecule has 120 valence electrons. The molecule has 2 aliphatic heterocycles. The summed E-state index contributed by atoms with van der Waals surface area (Å²) in [6.07, 6.45) is 0.208. The van der Waals surface area contributed by atoms with Crippen LogP contribution >= 0.6 is 11.3 Å². The third-order valence-electron chi connectivity index (χ3n) is 4.07. The summed E-state index contributed by atoms with van der Waals surface area (Å²) in [6.45, 7) is 1.34. The minimum atomic E-state index is -0.885. The third-order valence-corrected chi connectivity index (χ3v) is 5.20. The maximum Gasteiger partial charge on any atom is 0.263 e. The van der Waals surface area contributed by atoms with Crippen LogP contribution in [0.1, 0.15) is 21.8 Å². The standard InChI is InChI=1S/C15H14F2N4OS/c16-8-4-6-21(7-8)11-2-1-9(13(17)20-11)15-19-10-3-5-18-14(22)12(10)23-15/h1-2,8H,3-7H2,(H,18,22)/t8-/m1/s1. The number of amides is 1. The van der Waals surface area contributed by atoms with Gasteiger partial charge in [0.2, 0.25) is 5.95 Å². The van der Waals surface area contributed by atoms with Gasteiger partial charge in [-0.2, -0.15) is 4.39 Å². The van der Waals surface area contributed by atoms with Crippen molar-refractivity contribution in [2.24, 2.45) is 0 Å². The molecule has 0 unspecified atom stereocenters. The van der Waals surface area contributed by atoms with Gasteiger partial charge < -0.3 is 10.2 Å². The van der Waals surface area contributed by atoms with Gasteiger partial charge in [0.25, 0.3) is 5.91 Å². The molecule has 1 amide bonds. The van der Waals surface area contributed by atoms with Crippen LogP contribution in [0.15, 0.2) is 12.1 Å². The average Bonchev–Trinajstić information content (AvgIpc) is 3.14. The Labute approximate surface area is 135 Å². The largest absolute Gasteiger partial charge is 0.353 e. The number of carbonyl (C=O) groups excluding carboxylic acids is 1. The van der Waals surface area contributed by atoms with Crippen LogP contribution in [-0.4, -0.2) is 41.7 Å². The number of rotatable bonds is 2. The zero-order valence-electron chi connectivity index (χ0n) is 12.2. The number of aromatic nitrogens is 2. The number of hydrogen-bond acceptors (Lipinski definition) is 5. The molecule has 5 nitrogen and oxygen atoms in total. The van der Waals surface area contributed by atoms with Crippen LogP contribution in [0.2, 0.25) is 0 Å². The fourth-order valence-electron chi connectivity index (χ4n) is 2.87. The summed E-state index contributed by atoms with van der Waals surface area (Å²) in [5.74, 6) is -0.368. The van der Waals surface area contributed by atoms with Gasteiger partial charge in [-0.1, -0.05) is 0 Å². The number of carbonyl (C=O) groups is 1. The zero-order chi connectivity index (χ0) is 16.0. The Morgan fingerprint density at radius 1 is 1.35 bits per heavy atom. The third kappa shape index (κ3) is 2.56. The van der Waals surface area contributed by atoms with E-state index in [2.05, 4.69) is 15.3 Å². The average molecular weight is 336 g/mol. The summed E-state index contributed by atoms with van der Waals surface area (Å²) >= 11 is 1.17. The summed E-state index contributed by atoms with van der Waals surface area (Å²) in [4.78, 5) is 22.4. The molecular formula is C15H14F2N4OS. The molecular weight excluding hydrogens is 322 g/mol. The lowest BCUT2D eigenvalue weighted by Crippen LogP contribution is -2.30. The van der Waals surface area contributed by atoms with E-state index in [1.807, 2.05) is 0 Å². The molecule has 0 spiro atoms. The van der Waals surface area contributed by atoms with Gasteiger partial charge in [-0.3, -0.25) is 4.79 Å². The second-order valence-electron chi connectivity index (χ2n) is 5.64. The minimum Gasteiger partial charge on any atom is -0.353 e. The number of fused-ring (bicyclic) bond motifs is 1. The van der Waals surface area contributed by atoms with E-state index in [4.69, 9.17) is 0 Å². The number of pyridine rings is 1. The fourth-order valence-corrected chi connectivity index (χ4v) is 3.92. The number of anilines is 1. The predicted octanol–water partition coefficient (Wildman–Crippen LogP) is 2.18. The highest BCUT2D eigenvalue weighted by Gasteiger charge is 2.26. The lowest BCUT2D eigenvalue weighted by Gasteiger charge is -2.16. The summed E-state index contributed by atoms with van der Waals surface area (Å²) in [5.41, 5.74) is 0.981. The molecule has 4 rings (SSSR count). The Hall–Kier alpha value is -2.09. The maximum absolute atomic E-state index is 14.4. The first kappa shape index (κ1) is 14.5. The van der Waals surface area contributed by atoms with Crippen molar-refractivity contribution in [1.82, 2.24) is 15.3 Å². The molecule has 0 bridgehead atoms. The van der Waals surface area contributed by atoms with Gasteiger partial charge in [0.1, 0.15) is 21.9 Å². The van der Waals surface area contributed by atoms with E-state index < -0.39 is 12.1 Å². The highest BCUT2D eigenvalue weighted by atomic mass is 32.1. The first-order chi connectivity index (χ1) is 11.1. The predicted molar refractivity (Wildman–Crippen MR) is 83.1 cm³/mol. The Morgan fingerprint density at radius 3 is 2.91 bits per heavy atom. The second kappa shape index (κ2) is 5.52. The number of halogens is 2. The number of nitrogens with one attached hydrogen (secondary N) is 1. The smallest absolute Gasteiger partial charge is 0.263 e. The van der Waals surface area contributed by atoms with Gasteiger partial charge in [-0.15, -0.1) is 11.3 Å². The number of alkyl halides is 1. The Bertz CT molecular complexity index is 779. The van der Waals surface area contributed by atoms with Crippen molar-refractivity contribution in [3.63, 3.8) is 0 Å². The molecule has 0 saturated carbocycles. The molecule has 1 fully saturated rings. The second-order valence-corrected chi connectivity index (χ2v) is 6.64. The number of thiazole rings is 1. The van der Waals surface area contributed by atoms with E-state index in [0.717, 1.165) is 0 Å². The number of nitrogens with zero attached hydrogens (tertiary/aromatic N) is 3. The normalized spacial score (nSPS) is 20.5. The van der Waals surface area contributed by atoms with Crippen LogP contribution in [0, 0.1) is 5.95 Å². The highest BCUT2D eigenvalue weighted by molar-refractivity contribution is 7.17. The van der Waals surface area contributed by atoms with Gasteiger partial charge >= 0.3 is 0 Å². The highest BCUT2D eigenvalue weighted by Crippen LogP contribution is 2.32. The summed E-state index contributed by atoms with van der Waals surface area (Å²) in [6, 6.07) is 3.28. The summed E-state index contributed by atoms with van der Waals surface area (Å²) in [7, 11) is 0. The van der Waals surface area contributed by atoms with Gasteiger partial charge in [-0.25, -0.2) is 14.4 Å². The van der Waals surface area contributed by atoms with E-state index in [9.17, 15) is 13.6 Å². The summed E-state index contributed by atoms with van der Waals surface area (Å²) in [5, 5.41) is 3.20. The van der Waals surface area contributed by atoms with Crippen LogP contribution in [0.5, 0.6) is 0 Å². The zero-order valence-corrected chi connectivity index (χ0v) is 13.0. The van der Waals surface area contributed by atoms with Crippen LogP contribution in [0.25, 0.3) is 10.6 Å². The summed E-state index contributed by atoms with van der Waals surface area (Å²) < 4.78 is 27.6. The van der Waals surface area contributed by atoms with Crippen molar-refractivity contribution in [1.29, 1.82) is 0 Å².